The summed E-state index contributed by atoms with van der Waals surface area (Å²) in [6.07, 6.45) is 5.64. The number of anilines is 1. The minimum atomic E-state index is -0.431. The largest absolute Gasteiger partial charge is 0.506 e. The van der Waals surface area contributed by atoms with E-state index in [9.17, 15) is 14.7 Å². The maximum atomic E-state index is 13.8. The van der Waals surface area contributed by atoms with Gasteiger partial charge in [0.05, 0.1) is 23.0 Å². The Morgan fingerprint density at radius 2 is 2.03 bits per heavy atom. The topological polar surface area (TPSA) is 118 Å². The van der Waals surface area contributed by atoms with Crippen molar-refractivity contribution < 1.29 is 14.7 Å². The van der Waals surface area contributed by atoms with E-state index in [0.717, 1.165) is 35.4 Å². The number of nitrogens with zero attached hydrogens (tertiary/aromatic N) is 5. The van der Waals surface area contributed by atoms with Crippen LogP contribution in [0.2, 0.25) is 0 Å². The normalized spacial score (nSPS) is 20.6. The summed E-state index contributed by atoms with van der Waals surface area (Å²) in [4.78, 5) is 34.3. The van der Waals surface area contributed by atoms with E-state index < -0.39 is 6.04 Å². The van der Waals surface area contributed by atoms with Crippen LogP contribution in [0.15, 0.2) is 47.7 Å². The number of hydrogen-bond acceptors (Lipinski definition) is 6. The Bertz CT molecular complexity index is 1480. The van der Waals surface area contributed by atoms with E-state index in [0.29, 0.717) is 53.5 Å². The van der Waals surface area contributed by atoms with Crippen LogP contribution in [-0.2, 0) is 11.2 Å². The molecule has 2 aliphatic heterocycles. The van der Waals surface area contributed by atoms with Crippen LogP contribution in [-0.4, -0.2) is 61.1 Å². The summed E-state index contributed by atoms with van der Waals surface area (Å²) < 4.78 is 2.39. The molecule has 38 heavy (non-hydrogen) atoms. The molecule has 1 saturated carbocycles. The summed E-state index contributed by atoms with van der Waals surface area (Å²) in [6.45, 7) is 6.86. The molecule has 0 spiro atoms. The molecule has 0 bridgehead atoms. The molecule has 1 aromatic carbocycles. The van der Waals surface area contributed by atoms with Gasteiger partial charge in [-0.15, -0.1) is 0 Å². The molecule has 10 heteroatoms. The third-order valence-corrected chi connectivity index (χ3v) is 8.29. The second-order valence-corrected chi connectivity index (χ2v) is 11.2. The maximum Gasteiger partial charge on any atom is 0.258 e. The molecule has 2 amide bonds. The average Bonchev–Trinajstić information content (AvgIpc) is 3.69. The lowest BCUT2D eigenvalue weighted by Crippen LogP contribution is -2.46. The third-order valence-electron chi connectivity index (χ3n) is 7.86. The van der Waals surface area contributed by atoms with Crippen molar-refractivity contribution in [3.8, 4) is 11.4 Å². The molecule has 9 nitrogen and oxygen atoms in total. The lowest BCUT2D eigenvalue weighted by molar-refractivity contribution is -0.126. The van der Waals surface area contributed by atoms with Crippen LogP contribution in [0.5, 0.6) is 5.75 Å². The Hall–Kier alpha value is -3.66. The summed E-state index contributed by atoms with van der Waals surface area (Å²) in [7, 11) is 0. The highest BCUT2D eigenvalue weighted by molar-refractivity contribution is 9.10. The predicted molar refractivity (Wildman–Crippen MR) is 146 cm³/mol. The van der Waals surface area contributed by atoms with Gasteiger partial charge < -0.3 is 20.6 Å². The van der Waals surface area contributed by atoms with Crippen molar-refractivity contribution in [1.29, 1.82) is 0 Å². The van der Waals surface area contributed by atoms with E-state index >= 15 is 0 Å². The molecule has 1 aliphatic carbocycles. The number of phenolic OH excluding ortho intramolecular Hbond substituents is 1. The van der Waals surface area contributed by atoms with Crippen LogP contribution in [0.1, 0.15) is 70.5 Å². The van der Waals surface area contributed by atoms with Crippen LogP contribution in [0.4, 0.5) is 5.69 Å². The van der Waals surface area contributed by atoms with Gasteiger partial charge in [-0.25, -0.2) is 9.67 Å². The standard InChI is InChI=1S/C28H29BrN6O3/c1-3-25(37)33-13-15(2)27-26-21(35(32-27)20-7-6-17(10-23(20)36)16-4-5-16)8-9-34(22(26)14-33)28(38)18-12-31-24(29)11-19(18)30/h3,6-7,10-12,15-16,22,36H,1,4-5,8-9,13-14H2,2H3,(H2,30,31). The molecular weight excluding hydrogens is 548 g/mol. The van der Waals surface area contributed by atoms with Gasteiger partial charge in [0.15, 0.2) is 0 Å². The van der Waals surface area contributed by atoms with E-state index in [-0.39, 0.29) is 23.5 Å². The monoisotopic (exact) mass is 576 g/mol. The Balaban J connectivity index is 1.46. The first kappa shape index (κ1) is 24.7. The minimum absolute atomic E-state index is 0.0822. The van der Waals surface area contributed by atoms with Crippen LogP contribution in [0.25, 0.3) is 5.69 Å². The fourth-order valence-electron chi connectivity index (χ4n) is 5.80. The van der Waals surface area contributed by atoms with Gasteiger partial charge in [0.2, 0.25) is 5.91 Å². The first-order valence-corrected chi connectivity index (χ1v) is 13.6. The third kappa shape index (κ3) is 4.07. The number of amides is 2. The van der Waals surface area contributed by atoms with Gasteiger partial charge >= 0.3 is 0 Å². The lowest BCUT2D eigenvalue weighted by atomic mass is 9.92. The number of hydrogen-bond donors (Lipinski definition) is 2. The van der Waals surface area contributed by atoms with Crippen LogP contribution in [0, 0.1) is 0 Å². The quantitative estimate of drug-likeness (QED) is 0.357. The van der Waals surface area contributed by atoms with Crippen molar-refractivity contribution in [3.63, 3.8) is 0 Å². The van der Waals surface area contributed by atoms with E-state index in [1.165, 1.54) is 12.3 Å². The summed E-state index contributed by atoms with van der Waals surface area (Å²) >= 11 is 3.30. The molecule has 0 radical (unpaired) electrons. The Kier molecular flexibility index (Phi) is 6.02. The lowest BCUT2D eigenvalue weighted by Gasteiger charge is -2.38. The second kappa shape index (κ2) is 9.27. The second-order valence-electron chi connectivity index (χ2n) is 10.4. The van der Waals surface area contributed by atoms with Crippen molar-refractivity contribution in [1.82, 2.24) is 24.6 Å². The van der Waals surface area contributed by atoms with Gasteiger partial charge in [0.25, 0.3) is 5.91 Å². The van der Waals surface area contributed by atoms with Crippen molar-refractivity contribution in [2.24, 2.45) is 0 Å². The fourth-order valence-corrected chi connectivity index (χ4v) is 6.15. The molecule has 2 aromatic heterocycles. The smallest absolute Gasteiger partial charge is 0.258 e. The minimum Gasteiger partial charge on any atom is -0.506 e. The Morgan fingerprint density at radius 3 is 2.71 bits per heavy atom. The molecule has 2 unspecified atom stereocenters. The number of nitrogens with two attached hydrogens (primary N) is 1. The number of rotatable bonds is 4. The number of aromatic hydroxyl groups is 1. The van der Waals surface area contributed by atoms with E-state index in [1.54, 1.807) is 15.9 Å². The van der Waals surface area contributed by atoms with Gasteiger partial charge in [-0.2, -0.15) is 5.10 Å². The first-order chi connectivity index (χ1) is 18.3. The number of carbonyl (C=O) groups is 2. The fraction of sp³-hybridized carbons (Fsp3) is 0.357. The van der Waals surface area contributed by atoms with Gasteiger partial charge in [-0.05, 0) is 64.5 Å². The highest BCUT2D eigenvalue weighted by Crippen LogP contribution is 2.44. The maximum absolute atomic E-state index is 13.8. The average molecular weight is 577 g/mol. The SMILES string of the molecule is C=CC(=O)N1CC(C)c2nn(-c3ccc(C4CC4)cc3O)c3c2C(C1)N(C(=O)c1cnc(Br)cc1N)CC3. The highest BCUT2D eigenvalue weighted by Gasteiger charge is 2.42. The van der Waals surface area contributed by atoms with Crippen LogP contribution in [0.3, 0.4) is 0 Å². The molecule has 3 N–H and O–H groups in total. The molecule has 2 atom stereocenters. The zero-order chi connectivity index (χ0) is 26.7. The van der Waals surface area contributed by atoms with Gasteiger partial charge in [-0.3, -0.25) is 9.59 Å². The van der Waals surface area contributed by atoms with Crippen LogP contribution >= 0.6 is 15.9 Å². The number of phenols is 1. The van der Waals surface area contributed by atoms with Crippen molar-refractivity contribution in [3.05, 3.63) is 75.8 Å². The number of pyridine rings is 1. The Morgan fingerprint density at radius 1 is 1.24 bits per heavy atom. The Labute approximate surface area is 229 Å². The zero-order valence-corrected chi connectivity index (χ0v) is 22.7. The molecule has 3 aromatic rings. The van der Waals surface area contributed by atoms with Gasteiger partial charge in [0.1, 0.15) is 16.0 Å². The molecule has 4 heterocycles. The zero-order valence-electron chi connectivity index (χ0n) is 21.1. The van der Waals surface area contributed by atoms with E-state index in [1.807, 2.05) is 23.7 Å². The number of nitrogen functional groups attached to an aromatic ring is 1. The van der Waals surface area contributed by atoms with Crippen molar-refractivity contribution in [2.75, 3.05) is 25.4 Å². The van der Waals surface area contributed by atoms with Crippen molar-refractivity contribution in [2.45, 2.75) is 44.1 Å². The summed E-state index contributed by atoms with van der Waals surface area (Å²) in [5, 5.41) is 16.0. The molecule has 1 fully saturated rings. The van der Waals surface area contributed by atoms with E-state index in [4.69, 9.17) is 10.8 Å². The molecule has 3 aliphatic rings. The molecule has 196 valence electrons. The summed E-state index contributed by atoms with van der Waals surface area (Å²) in [6, 6.07) is 7.03. The highest BCUT2D eigenvalue weighted by atomic mass is 79.9. The predicted octanol–water partition coefficient (Wildman–Crippen LogP) is 4.07. The number of carbonyl (C=O) groups excluding carboxylic acids is 2. The number of halogens is 1. The van der Waals surface area contributed by atoms with E-state index in [2.05, 4.69) is 33.6 Å². The molecule has 6 rings (SSSR count). The molecular formula is C28H29BrN6O3. The number of aromatic nitrogens is 3. The summed E-state index contributed by atoms with van der Waals surface area (Å²) in [5.74, 6) is 0.214. The first-order valence-electron chi connectivity index (χ1n) is 12.8. The molecule has 0 saturated heterocycles. The number of benzene rings is 1. The summed E-state index contributed by atoms with van der Waals surface area (Å²) in [5.41, 5.74) is 11.3. The van der Waals surface area contributed by atoms with Gasteiger partial charge in [0, 0.05) is 49.4 Å². The van der Waals surface area contributed by atoms with Crippen molar-refractivity contribution >= 4 is 33.4 Å². The van der Waals surface area contributed by atoms with Crippen LogP contribution < -0.4 is 5.73 Å². The van der Waals surface area contributed by atoms with Gasteiger partial charge in [-0.1, -0.05) is 19.6 Å².